The molecule has 2 aliphatic heterocycles. The number of hydrogen-bond acceptors (Lipinski definition) is 7. The molecule has 0 aromatic heterocycles. The van der Waals surface area contributed by atoms with Crippen molar-refractivity contribution < 1.29 is 28.6 Å². The van der Waals surface area contributed by atoms with Gasteiger partial charge in [0, 0.05) is 29.0 Å². The Bertz CT molecular complexity index is 1700. The van der Waals surface area contributed by atoms with Crippen LogP contribution in [0.25, 0.3) is 0 Å². The molecular formula is C42H56N2O6SSi. The number of piperidine rings is 1. The summed E-state index contributed by atoms with van der Waals surface area (Å²) < 4.78 is 19.3. The minimum atomic E-state index is -3.08. The van der Waals surface area contributed by atoms with Gasteiger partial charge in [-0.15, -0.1) is 11.8 Å². The van der Waals surface area contributed by atoms with Crippen LogP contribution in [0.1, 0.15) is 81.1 Å². The number of aliphatic hydroxyl groups is 1. The standard InChI is InChI=1S/C42H56N2O6SSi/c1-38(2,3)49-37(46)44-26-16-25-41(44)28-34-40(7,8)35(33(27-42(34,47)43-36(41)45)51-30-23-21-29(48-9)22-24-30)50-52(39(4,5)6,31-17-12-10-13-18-31)32-19-14-11-15-20-32/h10-15,17-24,33-35,47H,16,25-28H2,1-9H3,(H,43,45). The van der Waals surface area contributed by atoms with E-state index in [9.17, 15) is 14.7 Å². The Kier molecular flexibility index (Phi) is 10.2. The van der Waals surface area contributed by atoms with Gasteiger partial charge in [-0.05, 0) is 85.1 Å². The van der Waals surface area contributed by atoms with E-state index in [1.165, 1.54) is 10.4 Å². The number of likely N-dealkylation sites (tertiary alicyclic amines) is 1. The molecule has 3 aliphatic rings. The molecule has 5 unspecified atom stereocenters. The van der Waals surface area contributed by atoms with Crippen molar-refractivity contribution in [3.8, 4) is 5.75 Å². The maximum atomic E-state index is 14.4. The van der Waals surface area contributed by atoms with Gasteiger partial charge in [0.1, 0.15) is 22.6 Å². The third-order valence-electron chi connectivity index (χ3n) is 11.5. The Morgan fingerprint density at radius 2 is 1.48 bits per heavy atom. The number of nitrogens with zero attached hydrogens (tertiary/aromatic N) is 1. The van der Waals surface area contributed by atoms with Crippen molar-refractivity contribution in [1.29, 1.82) is 0 Å². The second-order valence-corrected chi connectivity index (χ2v) is 23.0. The minimum Gasteiger partial charge on any atom is -0.497 e. The lowest BCUT2D eigenvalue weighted by Crippen LogP contribution is -2.78. The summed E-state index contributed by atoms with van der Waals surface area (Å²) >= 11 is 1.67. The van der Waals surface area contributed by atoms with Crippen molar-refractivity contribution in [2.45, 2.75) is 119 Å². The van der Waals surface area contributed by atoms with Crippen molar-refractivity contribution in [2.75, 3.05) is 13.7 Å². The van der Waals surface area contributed by atoms with Gasteiger partial charge >= 0.3 is 6.09 Å². The van der Waals surface area contributed by atoms with Crippen molar-refractivity contribution in [3.05, 3.63) is 84.9 Å². The molecule has 3 fully saturated rings. The summed E-state index contributed by atoms with van der Waals surface area (Å²) in [6, 6.07) is 29.3. The highest BCUT2D eigenvalue weighted by atomic mass is 32.2. The predicted octanol–water partition coefficient (Wildman–Crippen LogP) is 7.13. The number of nitrogens with one attached hydrogen (secondary N) is 1. The smallest absolute Gasteiger partial charge is 0.411 e. The maximum Gasteiger partial charge on any atom is 0.411 e. The predicted molar refractivity (Wildman–Crippen MR) is 210 cm³/mol. The summed E-state index contributed by atoms with van der Waals surface area (Å²) in [5, 5.41) is 17.7. The fourth-order valence-electron chi connectivity index (χ4n) is 9.11. The summed E-state index contributed by atoms with van der Waals surface area (Å²) in [6.45, 7) is 17.2. The van der Waals surface area contributed by atoms with E-state index in [4.69, 9.17) is 13.9 Å². The molecule has 280 valence electrons. The third kappa shape index (κ3) is 6.80. The Morgan fingerprint density at radius 1 is 0.904 bits per heavy atom. The highest BCUT2D eigenvalue weighted by molar-refractivity contribution is 8.00. The normalized spacial score (nSPS) is 27.5. The van der Waals surface area contributed by atoms with Gasteiger partial charge in [-0.1, -0.05) is 95.3 Å². The second-order valence-electron chi connectivity index (χ2n) is 17.5. The zero-order chi connectivity index (χ0) is 37.7. The molecule has 8 nitrogen and oxygen atoms in total. The van der Waals surface area contributed by atoms with E-state index in [-0.39, 0.29) is 28.7 Å². The van der Waals surface area contributed by atoms with E-state index in [0.29, 0.717) is 25.8 Å². The zero-order valence-corrected chi connectivity index (χ0v) is 34.0. The van der Waals surface area contributed by atoms with Crippen LogP contribution in [0.2, 0.25) is 5.04 Å². The topological polar surface area (TPSA) is 97.3 Å². The van der Waals surface area contributed by atoms with Crippen molar-refractivity contribution in [2.24, 2.45) is 11.3 Å². The van der Waals surface area contributed by atoms with Gasteiger partial charge in [0.2, 0.25) is 5.91 Å². The molecule has 1 spiro atoms. The molecule has 2 saturated heterocycles. The monoisotopic (exact) mass is 744 g/mol. The number of amides is 2. The third-order valence-corrected chi connectivity index (χ3v) is 17.8. The van der Waals surface area contributed by atoms with E-state index in [1.807, 2.05) is 57.2 Å². The number of hydrogen-bond donors (Lipinski definition) is 2. The Hall–Kier alpha value is -3.31. The van der Waals surface area contributed by atoms with Crippen LogP contribution in [0.15, 0.2) is 89.8 Å². The number of carbonyl (C=O) groups is 2. The van der Waals surface area contributed by atoms with E-state index in [0.717, 1.165) is 10.6 Å². The Morgan fingerprint density at radius 3 is 2.00 bits per heavy atom. The van der Waals surface area contributed by atoms with Crippen LogP contribution < -0.4 is 20.4 Å². The molecule has 0 radical (unpaired) electrons. The molecule has 2 N–H and O–H groups in total. The first-order valence-electron chi connectivity index (χ1n) is 18.5. The summed E-state index contributed by atoms with van der Waals surface area (Å²) in [6.07, 6.45) is 0.907. The van der Waals surface area contributed by atoms with Gasteiger partial charge < -0.3 is 24.3 Å². The quantitative estimate of drug-likeness (QED) is 0.249. The molecule has 2 amide bonds. The fourth-order valence-corrected chi connectivity index (χ4v) is 15.6. The number of methoxy groups -OCH3 is 1. The fraction of sp³-hybridized carbons (Fsp3) is 0.524. The van der Waals surface area contributed by atoms with Gasteiger partial charge in [-0.3, -0.25) is 9.69 Å². The summed E-state index contributed by atoms with van der Waals surface area (Å²) in [5.74, 6) is 0.0182. The molecule has 1 aliphatic carbocycles. The van der Waals surface area contributed by atoms with Gasteiger partial charge in [0.15, 0.2) is 0 Å². The van der Waals surface area contributed by atoms with E-state index in [1.54, 1.807) is 23.8 Å². The highest BCUT2D eigenvalue weighted by Crippen LogP contribution is 2.58. The average Bonchev–Trinajstić information content (AvgIpc) is 3.51. The summed E-state index contributed by atoms with van der Waals surface area (Å²) in [5.41, 5.74) is -4.04. The lowest BCUT2D eigenvalue weighted by atomic mass is 9.57. The van der Waals surface area contributed by atoms with E-state index >= 15 is 0 Å². The first kappa shape index (κ1) is 38.4. The zero-order valence-electron chi connectivity index (χ0n) is 32.2. The van der Waals surface area contributed by atoms with Crippen LogP contribution in [-0.2, 0) is 14.0 Å². The largest absolute Gasteiger partial charge is 0.497 e. The number of rotatable bonds is 7. The molecule has 1 saturated carbocycles. The van der Waals surface area contributed by atoms with Crippen LogP contribution in [0.3, 0.4) is 0 Å². The van der Waals surface area contributed by atoms with Gasteiger partial charge in [-0.25, -0.2) is 4.79 Å². The molecule has 3 aromatic rings. The molecule has 2 heterocycles. The number of ether oxygens (including phenoxy) is 2. The molecule has 3 aromatic carbocycles. The van der Waals surface area contributed by atoms with Crippen LogP contribution in [-0.4, -0.2) is 72.2 Å². The number of fused-ring (bicyclic) bond motifs is 1. The summed E-state index contributed by atoms with van der Waals surface area (Å²) in [4.78, 5) is 30.7. The highest BCUT2D eigenvalue weighted by Gasteiger charge is 2.68. The van der Waals surface area contributed by atoms with Crippen LogP contribution in [0.5, 0.6) is 5.75 Å². The molecule has 52 heavy (non-hydrogen) atoms. The maximum absolute atomic E-state index is 14.4. The number of benzene rings is 3. The average molecular weight is 745 g/mol. The van der Waals surface area contributed by atoms with Crippen molar-refractivity contribution in [3.63, 3.8) is 0 Å². The first-order valence-corrected chi connectivity index (χ1v) is 21.3. The Labute approximate surface area is 315 Å². The Balaban J connectivity index is 1.49. The first-order chi connectivity index (χ1) is 24.4. The number of carbonyl (C=O) groups excluding carboxylic acids is 2. The lowest BCUT2D eigenvalue weighted by molar-refractivity contribution is -0.199. The van der Waals surface area contributed by atoms with Crippen molar-refractivity contribution in [1.82, 2.24) is 10.2 Å². The second kappa shape index (κ2) is 13.8. The molecule has 10 heteroatoms. The molecule has 6 rings (SSSR count). The minimum absolute atomic E-state index is 0.244. The van der Waals surface area contributed by atoms with Crippen LogP contribution in [0.4, 0.5) is 4.79 Å². The van der Waals surface area contributed by atoms with Crippen LogP contribution in [0, 0.1) is 11.3 Å². The van der Waals surface area contributed by atoms with E-state index in [2.05, 4.69) is 88.5 Å². The molecule has 5 atom stereocenters. The molecule has 0 bridgehead atoms. The van der Waals surface area contributed by atoms with Crippen LogP contribution >= 0.6 is 11.8 Å². The molecular weight excluding hydrogens is 689 g/mol. The summed E-state index contributed by atoms with van der Waals surface area (Å²) in [7, 11) is -1.42. The van der Waals surface area contributed by atoms with E-state index < -0.39 is 42.6 Å². The van der Waals surface area contributed by atoms with Gasteiger partial charge in [0.05, 0.1) is 13.2 Å². The number of thioether (sulfide) groups is 1. The van der Waals surface area contributed by atoms with Gasteiger partial charge in [0.25, 0.3) is 8.32 Å². The SMILES string of the molecule is COc1ccc(SC2CC3(O)NC(=O)C4(CCCN4C(=O)OC(C)(C)C)CC3C(C)(C)C2O[Si](c2ccccc2)(c2ccccc2)C(C)(C)C)cc1. The lowest BCUT2D eigenvalue weighted by Gasteiger charge is -2.62. The van der Waals surface area contributed by atoms with Gasteiger partial charge in [-0.2, -0.15) is 0 Å². The van der Waals surface area contributed by atoms with Crippen molar-refractivity contribution >= 4 is 42.5 Å².